The van der Waals surface area contributed by atoms with Crippen LogP contribution in [0.1, 0.15) is 81.5 Å². The van der Waals surface area contributed by atoms with Crippen molar-refractivity contribution in [2.75, 3.05) is 0 Å². The van der Waals surface area contributed by atoms with Crippen molar-refractivity contribution in [3.8, 4) is 0 Å². The zero-order chi connectivity index (χ0) is 21.2. The summed E-state index contributed by atoms with van der Waals surface area (Å²) in [5.74, 6) is -0.986. The second-order valence-corrected chi connectivity index (χ2v) is 8.10. The van der Waals surface area contributed by atoms with Crippen molar-refractivity contribution in [2.24, 2.45) is 10.1 Å². The zero-order valence-electron chi connectivity index (χ0n) is 17.7. The maximum absolute atomic E-state index is 12.6. The quantitative estimate of drug-likeness (QED) is 0.332. The van der Waals surface area contributed by atoms with Crippen molar-refractivity contribution < 1.29 is 14.3 Å². The molecular weight excluding hydrogens is 380 g/mol. The summed E-state index contributed by atoms with van der Waals surface area (Å²) in [5, 5.41) is 7.25. The average Bonchev–Trinajstić information content (AvgIpc) is 2.79. The highest BCUT2D eigenvalue weighted by Gasteiger charge is 2.21. The van der Waals surface area contributed by atoms with Crippen LogP contribution in [0.2, 0.25) is 0 Å². The third-order valence-corrected chi connectivity index (χ3v) is 5.65. The third-order valence-electron chi connectivity index (χ3n) is 5.65. The number of amides is 1. The number of amidine groups is 1. The smallest absolute Gasteiger partial charge is 0.361 e. The van der Waals surface area contributed by atoms with Gasteiger partial charge in [-0.05, 0) is 44.7 Å². The highest BCUT2D eigenvalue weighted by atomic mass is 16.6. The first kappa shape index (κ1) is 22.0. The summed E-state index contributed by atoms with van der Waals surface area (Å²) < 4.78 is 5.57. The third kappa shape index (κ3) is 6.97. The summed E-state index contributed by atoms with van der Waals surface area (Å²) in [4.78, 5) is 29.4. The lowest BCUT2D eigenvalue weighted by molar-refractivity contribution is -0.128. The molecule has 3 rings (SSSR count). The van der Waals surface area contributed by atoms with Gasteiger partial charge in [0, 0.05) is 11.6 Å². The molecule has 2 aliphatic rings. The number of hydrazone groups is 1. The fraction of sp³-hybridized carbons (Fsp3) is 0.565. The van der Waals surface area contributed by atoms with Gasteiger partial charge in [0.1, 0.15) is 5.71 Å². The molecule has 0 heterocycles. The second kappa shape index (κ2) is 11.5. The average molecular weight is 413 g/mol. The number of carbonyl (C=O) groups excluding carboxylic acids is 2. The summed E-state index contributed by atoms with van der Waals surface area (Å²) in [7, 11) is 0. The molecule has 7 nitrogen and oxygen atoms in total. The summed E-state index contributed by atoms with van der Waals surface area (Å²) in [6.07, 6.45) is 11.3. The van der Waals surface area contributed by atoms with Crippen LogP contribution >= 0.6 is 0 Å². The molecule has 1 amide bonds. The van der Waals surface area contributed by atoms with Crippen molar-refractivity contribution in [3.63, 3.8) is 0 Å². The lowest BCUT2D eigenvalue weighted by atomic mass is 9.95. The molecule has 0 radical (unpaired) electrons. The summed E-state index contributed by atoms with van der Waals surface area (Å²) in [6, 6.07) is 9.49. The fourth-order valence-corrected chi connectivity index (χ4v) is 3.89. The van der Waals surface area contributed by atoms with Gasteiger partial charge in [0.25, 0.3) is 11.9 Å². The number of nitrogens with zero attached hydrogens (tertiary/aromatic N) is 2. The van der Waals surface area contributed by atoms with E-state index in [-0.39, 0.29) is 23.7 Å². The van der Waals surface area contributed by atoms with Crippen molar-refractivity contribution in [3.05, 3.63) is 35.9 Å². The Morgan fingerprint density at radius 1 is 0.933 bits per heavy atom. The molecule has 2 N–H and O–H groups in total. The van der Waals surface area contributed by atoms with Gasteiger partial charge in [-0.15, -0.1) is 0 Å². The first-order chi connectivity index (χ1) is 14.6. The molecule has 0 aromatic heterocycles. The number of benzene rings is 1. The fourth-order valence-electron chi connectivity index (χ4n) is 3.89. The van der Waals surface area contributed by atoms with Gasteiger partial charge < -0.3 is 10.1 Å². The Labute approximate surface area is 178 Å². The van der Waals surface area contributed by atoms with Gasteiger partial charge in [-0.25, -0.2) is 15.2 Å². The molecule has 162 valence electrons. The molecule has 0 aliphatic heterocycles. The van der Waals surface area contributed by atoms with Crippen LogP contribution in [0.4, 0.5) is 0 Å². The number of carbonyl (C=O) groups is 2. The molecule has 0 unspecified atom stereocenters. The molecule has 0 spiro atoms. The zero-order valence-corrected chi connectivity index (χ0v) is 17.7. The minimum Gasteiger partial charge on any atom is -0.388 e. The van der Waals surface area contributed by atoms with Gasteiger partial charge in [0.05, 0.1) is 6.04 Å². The van der Waals surface area contributed by atoms with Crippen LogP contribution in [-0.4, -0.2) is 35.7 Å². The molecule has 0 atom stereocenters. The lowest BCUT2D eigenvalue weighted by Gasteiger charge is -2.25. The highest BCUT2D eigenvalue weighted by Crippen LogP contribution is 2.21. The SMILES string of the molecule is C/C(=N/NC(=O)c1ccccc1)C(=O)OC(=NC1CCCCC1)NC1CCCCC1. The van der Waals surface area contributed by atoms with E-state index < -0.39 is 5.97 Å². The van der Waals surface area contributed by atoms with Crippen LogP contribution in [0, 0.1) is 0 Å². The number of ether oxygens (including phenoxy) is 1. The summed E-state index contributed by atoms with van der Waals surface area (Å²) in [6.45, 7) is 1.52. The van der Waals surface area contributed by atoms with E-state index in [0.717, 1.165) is 38.5 Å². The normalized spacial score (nSPS) is 19.2. The van der Waals surface area contributed by atoms with Gasteiger partial charge in [0.15, 0.2) is 0 Å². The molecule has 30 heavy (non-hydrogen) atoms. The molecule has 0 bridgehead atoms. The maximum atomic E-state index is 12.6. The largest absolute Gasteiger partial charge is 0.388 e. The van der Waals surface area contributed by atoms with Crippen LogP contribution in [0.3, 0.4) is 0 Å². The monoisotopic (exact) mass is 412 g/mol. The summed E-state index contributed by atoms with van der Waals surface area (Å²) >= 11 is 0. The van der Waals surface area contributed by atoms with E-state index in [1.54, 1.807) is 24.3 Å². The van der Waals surface area contributed by atoms with E-state index in [0.29, 0.717) is 11.6 Å². The lowest BCUT2D eigenvalue weighted by Crippen LogP contribution is -2.40. The molecular formula is C23H32N4O3. The number of hydrogen-bond donors (Lipinski definition) is 2. The second-order valence-electron chi connectivity index (χ2n) is 8.10. The standard InChI is InChI=1S/C23H32N4O3/c1-17(26-27-21(28)18-11-5-2-6-12-18)22(29)30-23(24-19-13-7-3-8-14-19)25-20-15-9-4-10-16-20/h2,5-6,11-12,19-20H,3-4,7-10,13-16H2,1H3,(H,24,25)(H,27,28)/b26-17-. The van der Waals surface area contributed by atoms with Crippen molar-refractivity contribution >= 4 is 23.6 Å². The van der Waals surface area contributed by atoms with Crippen LogP contribution in [-0.2, 0) is 9.53 Å². The van der Waals surface area contributed by atoms with E-state index in [2.05, 4.69) is 15.8 Å². The molecule has 2 fully saturated rings. The van der Waals surface area contributed by atoms with Crippen LogP contribution in [0.15, 0.2) is 40.4 Å². The van der Waals surface area contributed by atoms with Crippen LogP contribution < -0.4 is 10.7 Å². The topological polar surface area (TPSA) is 92.2 Å². The Bertz CT molecular complexity index is 764. The van der Waals surface area contributed by atoms with Crippen molar-refractivity contribution in [2.45, 2.75) is 83.2 Å². The molecule has 2 aliphatic carbocycles. The predicted octanol–water partition coefficient (Wildman–Crippen LogP) is 3.95. The Morgan fingerprint density at radius 2 is 1.57 bits per heavy atom. The minimum atomic E-state index is -0.610. The molecule has 7 heteroatoms. The van der Waals surface area contributed by atoms with Gasteiger partial charge in [-0.1, -0.05) is 56.7 Å². The molecule has 2 saturated carbocycles. The predicted molar refractivity (Wildman–Crippen MR) is 117 cm³/mol. The van der Waals surface area contributed by atoms with Crippen molar-refractivity contribution in [1.82, 2.24) is 10.7 Å². The minimum absolute atomic E-state index is 0.0704. The molecule has 1 aromatic carbocycles. The van der Waals surface area contributed by atoms with Gasteiger partial charge in [-0.2, -0.15) is 5.10 Å². The van der Waals surface area contributed by atoms with Gasteiger partial charge in [-0.3, -0.25) is 4.79 Å². The van der Waals surface area contributed by atoms with E-state index in [4.69, 9.17) is 9.73 Å². The number of aliphatic imine (C=N–C) groups is 1. The Morgan fingerprint density at radius 3 is 2.23 bits per heavy atom. The Hall–Kier alpha value is -2.70. The summed E-state index contributed by atoms with van der Waals surface area (Å²) in [5.41, 5.74) is 2.95. The highest BCUT2D eigenvalue weighted by molar-refractivity contribution is 6.37. The van der Waals surface area contributed by atoms with Crippen LogP contribution in [0.25, 0.3) is 0 Å². The number of nitrogens with one attached hydrogen (secondary N) is 2. The number of rotatable bonds is 5. The van der Waals surface area contributed by atoms with E-state index >= 15 is 0 Å². The maximum Gasteiger partial charge on any atom is 0.361 e. The molecule has 0 saturated heterocycles. The van der Waals surface area contributed by atoms with Crippen LogP contribution in [0.5, 0.6) is 0 Å². The van der Waals surface area contributed by atoms with E-state index in [1.165, 1.54) is 32.6 Å². The van der Waals surface area contributed by atoms with E-state index in [1.807, 2.05) is 6.07 Å². The van der Waals surface area contributed by atoms with Crippen molar-refractivity contribution in [1.29, 1.82) is 0 Å². The molecule has 1 aromatic rings. The van der Waals surface area contributed by atoms with E-state index in [9.17, 15) is 9.59 Å². The Kier molecular flexibility index (Phi) is 8.41. The Balaban J connectivity index is 1.61. The first-order valence-corrected chi connectivity index (χ1v) is 11.1. The first-order valence-electron chi connectivity index (χ1n) is 11.1. The number of esters is 1. The van der Waals surface area contributed by atoms with Gasteiger partial charge in [0.2, 0.25) is 0 Å². The van der Waals surface area contributed by atoms with Gasteiger partial charge >= 0.3 is 5.97 Å². The number of hydrogen-bond acceptors (Lipinski definition) is 5.